The lowest BCUT2D eigenvalue weighted by atomic mass is 10.2. The van der Waals surface area contributed by atoms with Crippen molar-refractivity contribution in [2.45, 2.75) is 25.5 Å². The normalized spacial score (nSPS) is 18.9. The van der Waals surface area contributed by atoms with Gasteiger partial charge in [-0.3, -0.25) is 4.98 Å². The fourth-order valence-electron chi connectivity index (χ4n) is 1.75. The van der Waals surface area contributed by atoms with Crippen molar-refractivity contribution in [1.29, 1.82) is 0 Å². The molecule has 1 aliphatic heterocycles. The van der Waals surface area contributed by atoms with Gasteiger partial charge in [0.25, 0.3) is 0 Å². The summed E-state index contributed by atoms with van der Waals surface area (Å²) in [6, 6.07) is 5.45. The quantitative estimate of drug-likeness (QED) is 0.820. The van der Waals surface area contributed by atoms with Crippen LogP contribution in [0.2, 0.25) is 0 Å². The Morgan fingerprint density at radius 1 is 1.47 bits per heavy atom. The maximum absolute atomic E-state index is 11.5. The zero-order chi connectivity index (χ0) is 11.9. The Morgan fingerprint density at radius 3 is 3.12 bits per heavy atom. The van der Waals surface area contributed by atoms with Gasteiger partial charge in [0.2, 0.25) is 0 Å². The molecule has 0 aliphatic carbocycles. The molecule has 5 nitrogen and oxygen atoms in total. The van der Waals surface area contributed by atoms with E-state index in [1.165, 1.54) is 0 Å². The molecule has 0 unspecified atom stereocenters. The summed E-state index contributed by atoms with van der Waals surface area (Å²) in [6.45, 7) is 1.83. The Hall–Kier alpha value is -1.62. The van der Waals surface area contributed by atoms with Crippen molar-refractivity contribution in [2.75, 3.05) is 13.2 Å². The minimum Gasteiger partial charge on any atom is -0.376 e. The molecule has 0 aromatic carbocycles. The topological polar surface area (TPSA) is 63.2 Å². The molecule has 2 heterocycles. The van der Waals surface area contributed by atoms with Gasteiger partial charge in [-0.1, -0.05) is 6.07 Å². The van der Waals surface area contributed by atoms with Crippen molar-refractivity contribution in [3.05, 3.63) is 30.1 Å². The van der Waals surface area contributed by atoms with Gasteiger partial charge < -0.3 is 15.4 Å². The SMILES string of the molecule is O=C(NCc1ccccn1)NC[C@@H]1CCCO1. The van der Waals surface area contributed by atoms with E-state index in [1.54, 1.807) is 6.20 Å². The highest BCUT2D eigenvalue weighted by molar-refractivity contribution is 5.73. The summed E-state index contributed by atoms with van der Waals surface area (Å²) in [7, 11) is 0. The molecule has 17 heavy (non-hydrogen) atoms. The van der Waals surface area contributed by atoms with Gasteiger partial charge in [-0.15, -0.1) is 0 Å². The van der Waals surface area contributed by atoms with Crippen molar-refractivity contribution in [1.82, 2.24) is 15.6 Å². The van der Waals surface area contributed by atoms with Gasteiger partial charge >= 0.3 is 6.03 Å². The maximum atomic E-state index is 11.5. The van der Waals surface area contributed by atoms with E-state index < -0.39 is 0 Å². The summed E-state index contributed by atoms with van der Waals surface area (Å²) < 4.78 is 5.41. The van der Waals surface area contributed by atoms with Gasteiger partial charge in [0, 0.05) is 19.3 Å². The third kappa shape index (κ3) is 4.03. The molecule has 1 fully saturated rings. The first-order chi connectivity index (χ1) is 8.34. The number of amides is 2. The van der Waals surface area contributed by atoms with E-state index in [-0.39, 0.29) is 12.1 Å². The van der Waals surface area contributed by atoms with E-state index in [1.807, 2.05) is 18.2 Å². The number of pyridine rings is 1. The summed E-state index contributed by atoms with van der Waals surface area (Å²) in [5.74, 6) is 0. The van der Waals surface area contributed by atoms with Crippen molar-refractivity contribution in [2.24, 2.45) is 0 Å². The highest BCUT2D eigenvalue weighted by atomic mass is 16.5. The zero-order valence-corrected chi connectivity index (χ0v) is 9.69. The van der Waals surface area contributed by atoms with Crippen LogP contribution in [0.15, 0.2) is 24.4 Å². The number of ether oxygens (including phenoxy) is 1. The second-order valence-electron chi connectivity index (χ2n) is 4.02. The van der Waals surface area contributed by atoms with Crippen molar-refractivity contribution >= 4 is 6.03 Å². The minimum atomic E-state index is -0.175. The molecule has 2 N–H and O–H groups in total. The molecule has 5 heteroatoms. The largest absolute Gasteiger partial charge is 0.376 e. The molecule has 0 saturated carbocycles. The van der Waals surface area contributed by atoms with Gasteiger partial charge in [-0.05, 0) is 25.0 Å². The van der Waals surface area contributed by atoms with Gasteiger partial charge in [-0.25, -0.2) is 4.79 Å². The number of nitrogens with zero attached hydrogens (tertiary/aromatic N) is 1. The molecule has 92 valence electrons. The number of nitrogens with one attached hydrogen (secondary N) is 2. The van der Waals surface area contributed by atoms with E-state index in [9.17, 15) is 4.79 Å². The fourth-order valence-corrected chi connectivity index (χ4v) is 1.75. The molecule has 2 rings (SSSR count). The number of aromatic nitrogens is 1. The predicted molar refractivity (Wildman–Crippen MR) is 63.4 cm³/mol. The minimum absolute atomic E-state index is 0.175. The number of hydrogen-bond acceptors (Lipinski definition) is 3. The molecule has 1 aliphatic rings. The number of hydrogen-bond donors (Lipinski definition) is 2. The molecule has 0 radical (unpaired) electrons. The number of carbonyl (C=O) groups is 1. The highest BCUT2D eigenvalue weighted by Crippen LogP contribution is 2.10. The second-order valence-corrected chi connectivity index (χ2v) is 4.02. The third-order valence-electron chi connectivity index (χ3n) is 2.67. The second kappa shape index (κ2) is 6.20. The van der Waals surface area contributed by atoms with Gasteiger partial charge in [0.1, 0.15) is 0 Å². The summed E-state index contributed by atoms with van der Waals surface area (Å²) in [4.78, 5) is 15.6. The number of urea groups is 1. The molecular formula is C12H17N3O2. The molecule has 2 amide bonds. The lowest BCUT2D eigenvalue weighted by Crippen LogP contribution is -2.39. The van der Waals surface area contributed by atoms with Crippen LogP contribution in [0.5, 0.6) is 0 Å². The van der Waals surface area contributed by atoms with Crippen molar-refractivity contribution < 1.29 is 9.53 Å². The zero-order valence-electron chi connectivity index (χ0n) is 9.69. The Kier molecular flexibility index (Phi) is 4.32. The first kappa shape index (κ1) is 11.9. The van der Waals surface area contributed by atoms with Gasteiger partial charge in [-0.2, -0.15) is 0 Å². The van der Waals surface area contributed by atoms with Crippen LogP contribution in [0.3, 0.4) is 0 Å². The molecule has 0 spiro atoms. The molecule has 1 atom stereocenters. The summed E-state index contributed by atoms with van der Waals surface area (Å²) in [5, 5.41) is 5.55. The fraction of sp³-hybridized carbons (Fsp3) is 0.500. The third-order valence-corrected chi connectivity index (χ3v) is 2.67. The molecule has 1 aromatic rings. The molecule has 1 aromatic heterocycles. The number of rotatable bonds is 4. The van der Waals surface area contributed by atoms with Crippen LogP contribution >= 0.6 is 0 Å². The van der Waals surface area contributed by atoms with Crippen LogP contribution in [-0.4, -0.2) is 30.3 Å². The lowest BCUT2D eigenvalue weighted by Gasteiger charge is -2.11. The summed E-state index contributed by atoms with van der Waals surface area (Å²) in [5.41, 5.74) is 0.847. The van der Waals surface area contributed by atoms with Crippen molar-refractivity contribution in [3.63, 3.8) is 0 Å². The lowest BCUT2D eigenvalue weighted by molar-refractivity contribution is 0.111. The Balaban J connectivity index is 1.64. The average Bonchev–Trinajstić information content (AvgIpc) is 2.88. The first-order valence-corrected chi connectivity index (χ1v) is 5.88. The maximum Gasteiger partial charge on any atom is 0.315 e. The van der Waals surface area contributed by atoms with Gasteiger partial charge in [0.05, 0.1) is 18.3 Å². The monoisotopic (exact) mass is 235 g/mol. The summed E-state index contributed by atoms with van der Waals surface area (Å²) in [6.07, 6.45) is 4.00. The smallest absolute Gasteiger partial charge is 0.315 e. The van der Waals surface area contributed by atoms with Crippen LogP contribution in [-0.2, 0) is 11.3 Å². The van der Waals surface area contributed by atoms with E-state index in [0.29, 0.717) is 13.1 Å². The highest BCUT2D eigenvalue weighted by Gasteiger charge is 2.15. The summed E-state index contributed by atoms with van der Waals surface area (Å²) >= 11 is 0. The van der Waals surface area contributed by atoms with Crippen molar-refractivity contribution in [3.8, 4) is 0 Å². The van der Waals surface area contributed by atoms with Crippen LogP contribution in [0.4, 0.5) is 4.79 Å². The van der Waals surface area contributed by atoms with E-state index in [0.717, 1.165) is 25.1 Å². The number of carbonyl (C=O) groups excluding carboxylic acids is 1. The standard InChI is InChI=1S/C12H17N3O2/c16-12(15-9-11-5-3-7-17-11)14-8-10-4-1-2-6-13-10/h1-2,4,6,11H,3,5,7-9H2,(H2,14,15,16)/t11-/m0/s1. The first-order valence-electron chi connectivity index (χ1n) is 5.88. The molecular weight excluding hydrogens is 218 g/mol. The van der Waals surface area contributed by atoms with Crippen LogP contribution in [0, 0.1) is 0 Å². The average molecular weight is 235 g/mol. The van der Waals surface area contributed by atoms with Crippen LogP contribution in [0.25, 0.3) is 0 Å². The van der Waals surface area contributed by atoms with Gasteiger partial charge in [0.15, 0.2) is 0 Å². The Bertz CT molecular complexity index is 350. The molecule has 0 bridgehead atoms. The van der Waals surface area contributed by atoms with E-state index in [2.05, 4.69) is 15.6 Å². The van der Waals surface area contributed by atoms with E-state index in [4.69, 9.17) is 4.74 Å². The van der Waals surface area contributed by atoms with Crippen LogP contribution < -0.4 is 10.6 Å². The van der Waals surface area contributed by atoms with Crippen LogP contribution in [0.1, 0.15) is 18.5 Å². The Morgan fingerprint density at radius 2 is 2.41 bits per heavy atom. The Labute approximate surface area is 101 Å². The molecule has 1 saturated heterocycles. The predicted octanol–water partition coefficient (Wildman–Crippen LogP) is 1.06. The van der Waals surface area contributed by atoms with E-state index >= 15 is 0 Å².